The van der Waals surface area contributed by atoms with Gasteiger partial charge in [-0.15, -0.1) is 4.40 Å². The molecule has 1 amide bonds. The van der Waals surface area contributed by atoms with Gasteiger partial charge in [0.15, 0.2) is 5.84 Å². The van der Waals surface area contributed by atoms with Crippen LogP contribution in [-0.2, 0) is 14.8 Å². The standard InChI is InChI=1S/C17H21N3O3S/c21-16-7-3-4-10-20(16)13-8-11-19(12-9-13)17-14-5-1-2-6-15(14)24(22,23)18-17/h1-2,5-6,13H,3-4,7-12H2. The lowest BCUT2D eigenvalue weighted by Gasteiger charge is -2.40. The quantitative estimate of drug-likeness (QED) is 0.774. The summed E-state index contributed by atoms with van der Waals surface area (Å²) in [5.74, 6) is 0.833. The number of hydrogen-bond donors (Lipinski definition) is 0. The Bertz CT molecular complexity index is 795. The molecule has 3 aliphatic heterocycles. The minimum atomic E-state index is -3.57. The molecule has 3 aliphatic rings. The summed E-state index contributed by atoms with van der Waals surface area (Å²) in [6.45, 7) is 2.33. The van der Waals surface area contributed by atoms with E-state index in [1.165, 1.54) is 0 Å². The molecular formula is C17H21N3O3S. The summed E-state index contributed by atoms with van der Waals surface area (Å²) < 4.78 is 28.4. The van der Waals surface area contributed by atoms with Gasteiger partial charge in [-0.05, 0) is 37.8 Å². The van der Waals surface area contributed by atoms with Crippen molar-refractivity contribution in [3.8, 4) is 0 Å². The molecule has 1 aromatic carbocycles. The van der Waals surface area contributed by atoms with Crippen LogP contribution < -0.4 is 0 Å². The van der Waals surface area contributed by atoms with Gasteiger partial charge in [-0.2, -0.15) is 8.42 Å². The Morgan fingerprint density at radius 1 is 1.04 bits per heavy atom. The van der Waals surface area contributed by atoms with Crippen molar-refractivity contribution in [2.75, 3.05) is 19.6 Å². The minimum absolute atomic E-state index is 0.269. The number of likely N-dealkylation sites (tertiary alicyclic amines) is 2. The first kappa shape index (κ1) is 15.6. The maximum absolute atomic E-state index is 12.2. The van der Waals surface area contributed by atoms with Gasteiger partial charge in [-0.3, -0.25) is 4.79 Å². The van der Waals surface area contributed by atoms with Gasteiger partial charge in [0.1, 0.15) is 4.90 Å². The van der Waals surface area contributed by atoms with E-state index < -0.39 is 10.0 Å². The highest BCUT2D eigenvalue weighted by Gasteiger charge is 2.35. The van der Waals surface area contributed by atoms with Gasteiger partial charge in [0.25, 0.3) is 10.0 Å². The molecule has 0 radical (unpaired) electrons. The van der Waals surface area contributed by atoms with Crippen LogP contribution in [0.4, 0.5) is 0 Å². The number of carbonyl (C=O) groups is 1. The number of benzene rings is 1. The number of carbonyl (C=O) groups excluding carboxylic acids is 1. The average Bonchev–Trinajstić information content (AvgIpc) is 2.88. The summed E-state index contributed by atoms with van der Waals surface area (Å²) >= 11 is 0. The topological polar surface area (TPSA) is 70.1 Å². The van der Waals surface area contributed by atoms with Crippen LogP contribution >= 0.6 is 0 Å². The number of sulfonamides is 1. The molecule has 24 heavy (non-hydrogen) atoms. The molecule has 0 atom stereocenters. The second-order valence-corrected chi connectivity index (χ2v) is 8.22. The van der Waals surface area contributed by atoms with Crippen LogP contribution in [0.1, 0.15) is 37.7 Å². The van der Waals surface area contributed by atoms with Gasteiger partial charge in [0.05, 0.1) is 0 Å². The highest BCUT2D eigenvalue weighted by molar-refractivity contribution is 7.90. The Kier molecular flexibility index (Phi) is 3.83. The number of piperidine rings is 2. The largest absolute Gasteiger partial charge is 0.355 e. The van der Waals surface area contributed by atoms with E-state index in [-0.39, 0.29) is 11.9 Å². The first-order valence-electron chi connectivity index (χ1n) is 8.55. The molecule has 6 nitrogen and oxygen atoms in total. The van der Waals surface area contributed by atoms with Gasteiger partial charge < -0.3 is 9.80 Å². The van der Waals surface area contributed by atoms with Crippen molar-refractivity contribution < 1.29 is 13.2 Å². The average molecular weight is 347 g/mol. The summed E-state index contributed by atoms with van der Waals surface area (Å²) in [4.78, 5) is 16.5. The zero-order valence-corrected chi connectivity index (χ0v) is 14.3. The zero-order chi connectivity index (χ0) is 16.7. The van der Waals surface area contributed by atoms with E-state index in [0.29, 0.717) is 22.7 Å². The first-order chi connectivity index (χ1) is 11.6. The molecule has 0 aromatic heterocycles. The molecule has 0 unspecified atom stereocenters. The summed E-state index contributed by atoms with van der Waals surface area (Å²) in [7, 11) is -3.57. The van der Waals surface area contributed by atoms with Crippen LogP contribution in [0.5, 0.6) is 0 Å². The maximum Gasteiger partial charge on any atom is 0.285 e. The summed E-state index contributed by atoms with van der Waals surface area (Å²) in [6.07, 6.45) is 4.49. The van der Waals surface area contributed by atoms with E-state index in [1.807, 2.05) is 21.9 Å². The van der Waals surface area contributed by atoms with Gasteiger partial charge in [-0.1, -0.05) is 12.1 Å². The van der Waals surface area contributed by atoms with Gasteiger partial charge in [-0.25, -0.2) is 0 Å². The van der Waals surface area contributed by atoms with Crippen LogP contribution in [0.2, 0.25) is 0 Å². The third kappa shape index (κ3) is 2.60. The van der Waals surface area contributed by atoms with E-state index >= 15 is 0 Å². The number of fused-ring (bicyclic) bond motifs is 1. The highest BCUT2D eigenvalue weighted by Crippen LogP contribution is 2.30. The van der Waals surface area contributed by atoms with Gasteiger partial charge in [0.2, 0.25) is 5.91 Å². The predicted molar refractivity (Wildman–Crippen MR) is 90.3 cm³/mol. The molecule has 128 valence electrons. The molecule has 4 rings (SSSR count). The van der Waals surface area contributed by atoms with Crippen LogP contribution in [0.25, 0.3) is 0 Å². The Morgan fingerprint density at radius 3 is 2.54 bits per heavy atom. The minimum Gasteiger partial charge on any atom is -0.355 e. The molecule has 2 fully saturated rings. The van der Waals surface area contributed by atoms with Gasteiger partial charge in [0, 0.05) is 37.7 Å². The smallest absolute Gasteiger partial charge is 0.285 e. The molecule has 7 heteroatoms. The maximum atomic E-state index is 12.2. The first-order valence-corrected chi connectivity index (χ1v) is 9.99. The van der Waals surface area contributed by atoms with Crippen molar-refractivity contribution in [3.05, 3.63) is 29.8 Å². The normalized spacial score (nSPS) is 24.0. The molecule has 0 saturated carbocycles. The summed E-state index contributed by atoms with van der Waals surface area (Å²) in [6, 6.07) is 7.28. The van der Waals surface area contributed by atoms with Crippen LogP contribution in [0.15, 0.2) is 33.6 Å². The van der Waals surface area contributed by atoms with E-state index in [1.54, 1.807) is 12.1 Å². The second-order valence-electron chi connectivity index (χ2n) is 6.65. The zero-order valence-electron chi connectivity index (χ0n) is 13.5. The number of hydrogen-bond acceptors (Lipinski definition) is 4. The Hall–Kier alpha value is -1.89. The SMILES string of the molecule is O=C1CCCCN1C1CCN(C2=NS(=O)(=O)c3ccccc32)CC1. The third-order valence-corrected chi connectivity index (χ3v) is 6.50. The van der Waals surface area contributed by atoms with Crippen LogP contribution in [-0.4, -0.2) is 55.6 Å². The number of nitrogens with zero attached hydrogens (tertiary/aromatic N) is 3. The fraction of sp³-hybridized carbons (Fsp3) is 0.529. The molecule has 1 aromatic rings. The van der Waals surface area contributed by atoms with E-state index in [9.17, 15) is 13.2 Å². The second kappa shape index (κ2) is 5.88. The Morgan fingerprint density at radius 2 is 1.79 bits per heavy atom. The van der Waals surface area contributed by atoms with Crippen molar-refractivity contribution in [1.29, 1.82) is 0 Å². The highest BCUT2D eigenvalue weighted by atomic mass is 32.2. The van der Waals surface area contributed by atoms with Crippen molar-refractivity contribution in [3.63, 3.8) is 0 Å². The lowest BCUT2D eigenvalue weighted by Crippen LogP contribution is -2.50. The molecule has 0 N–H and O–H groups in total. The van der Waals surface area contributed by atoms with E-state index in [0.717, 1.165) is 45.3 Å². The van der Waals surface area contributed by atoms with Crippen LogP contribution in [0, 0.1) is 0 Å². The third-order valence-electron chi connectivity index (χ3n) is 5.18. The fourth-order valence-corrected chi connectivity index (χ4v) is 5.15. The molecule has 0 spiro atoms. The monoisotopic (exact) mass is 347 g/mol. The van der Waals surface area contributed by atoms with Crippen LogP contribution in [0.3, 0.4) is 0 Å². The predicted octanol–water partition coefficient (Wildman–Crippen LogP) is 1.61. The summed E-state index contributed by atoms with van der Waals surface area (Å²) in [5.41, 5.74) is 0.699. The molecular weight excluding hydrogens is 326 g/mol. The lowest BCUT2D eigenvalue weighted by molar-refractivity contribution is -0.136. The number of rotatable bonds is 1. The van der Waals surface area contributed by atoms with Crippen molar-refractivity contribution >= 4 is 21.8 Å². The summed E-state index contributed by atoms with van der Waals surface area (Å²) in [5, 5.41) is 0. The fourth-order valence-electron chi connectivity index (χ4n) is 3.92. The molecule has 3 heterocycles. The van der Waals surface area contributed by atoms with E-state index in [2.05, 4.69) is 4.40 Å². The van der Waals surface area contributed by atoms with Crippen molar-refractivity contribution in [2.24, 2.45) is 4.40 Å². The Labute approximate surface area is 142 Å². The molecule has 0 aliphatic carbocycles. The van der Waals surface area contributed by atoms with Crippen molar-refractivity contribution in [1.82, 2.24) is 9.80 Å². The number of amidine groups is 1. The van der Waals surface area contributed by atoms with Crippen molar-refractivity contribution in [2.45, 2.75) is 43.0 Å². The van der Waals surface area contributed by atoms with Gasteiger partial charge >= 0.3 is 0 Å². The lowest BCUT2D eigenvalue weighted by atomic mass is 9.99. The molecule has 2 saturated heterocycles. The molecule has 0 bridgehead atoms. The van der Waals surface area contributed by atoms with E-state index in [4.69, 9.17) is 0 Å². The Balaban J connectivity index is 1.50. The number of amides is 1.